The maximum atomic E-state index is 11.7. The molecular formula is C14H21N3O3S. The number of carbonyl (C=O) groups excluding carboxylic acids is 2. The van der Waals surface area contributed by atoms with Gasteiger partial charge in [0.2, 0.25) is 0 Å². The second-order valence-electron chi connectivity index (χ2n) is 5.57. The van der Waals surface area contributed by atoms with Gasteiger partial charge in [-0.25, -0.2) is 4.79 Å². The van der Waals surface area contributed by atoms with E-state index in [-0.39, 0.29) is 16.1 Å². The Morgan fingerprint density at radius 2 is 2.14 bits per heavy atom. The molecule has 0 aromatic carbocycles. The van der Waals surface area contributed by atoms with Gasteiger partial charge < -0.3 is 21.5 Å². The summed E-state index contributed by atoms with van der Waals surface area (Å²) in [5, 5.41) is 3.78. The Bertz CT molecular complexity index is 556. The highest BCUT2D eigenvalue weighted by Gasteiger charge is 2.26. The molecule has 0 aliphatic heterocycles. The molecule has 2 atom stereocenters. The summed E-state index contributed by atoms with van der Waals surface area (Å²) in [5.41, 5.74) is 11.5. The molecule has 0 radical (unpaired) electrons. The first-order valence-electron chi connectivity index (χ1n) is 6.98. The quantitative estimate of drug-likeness (QED) is 0.721. The molecule has 5 N–H and O–H groups in total. The van der Waals surface area contributed by atoms with Crippen LogP contribution in [0.25, 0.3) is 0 Å². The number of rotatable bonds is 5. The lowest BCUT2D eigenvalue weighted by Crippen LogP contribution is -2.17. The highest BCUT2D eigenvalue weighted by Crippen LogP contribution is 2.37. The SMILES string of the molecule is COC(=O)c1sc(NCC2CCC(C)C2)c(C(N)=O)c1N. The summed E-state index contributed by atoms with van der Waals surface area (Å²) >= 11 is 1.12. The third-order valence-electron chi connectivity index (χ3n) is 3.92. The average molecular weight is 311 g/mol. The topological polar surface area (TPSA) is 107 Å². The number of nitrogen functional groups attached to an aromatic ring is 1. The molecular weight excluding hydrogens is 290 g/mol. The molecule has 1 heterocycles. The van der Waals surface area contributed by atoms with Gasteiger partial charge in [-0.1, -0.05) is 13.3 Å². The zero-order valence-electron chi connectivity index (χ0n) is 12.3. The Kier molecular flexibility index (Phi) is 4.72. The smallest absolute Gasteiger partial charge is 0.350 e. The molecule has 0 saturated heterocycles. The van der Waals surface area contributed by atoms with Crippen molar-refractivity contribution in [1.82, 2.24) is 0 Å². The van der Waals surface area contributed by atoms with E-state index in [1.165, 1.54) is 26.4 Å². The van der Waals surface area contributed by atoms with Crippen LogP contribution in [0.2, 0.25) is 0 Å². The minimum Gasteiger partial charge on any atom is -0.465 e. The first-order valence-corrected chi connectivity index (χ1v) is 7.79. The molecule has 1 fully saturated rings. The lowest BCUT2D eigenvalue weighted by Gasteiger charge is -2.11. The van der Waals surface area contributed by atoms with Crippen molar-refractivity contribution in [2.75, 3.05) is 24.7 Å². The predicted octanol–water partition coefficient (Wildman–Crippen LogP) is 2.06. The van der Waals surface area contributed by atoms with Gasteiger partial charge in [0.05, 0.1) is 18.4 Å². The number of hydrogen-bond acceptors (Lipinski definition) is 6. The van der Waals surface area contributed by atoms with Crippen LogP contribution in [-0.4, -0.2) is 25.5 Å². The molecule has 0 spiro atoms. The third-order valence-corrected chi connectivity index (χ3v) is 5.06. The molecule has 1 aliphatic carbocycles. The first kappa shape index (κ1) is 15.6. The molecule has 1 aromatic rings. The molecule has 7 heteroatoms. The number of thiophene rings is 1. The van der Waals surface area contributed by atoms with Crippen LogP contribution in [0.1, 0.15) is 46.2 Å². The number of primary amides is 1. The minimum absolute atomic E-state index is 0.0987. The predicted molar refractivity (Wildman–Crippen MR) is 83.6 cm³/mol. The maximum absolute atomic E-state index is 11.7. The van der Waals surface area contributed by atoms with E-state index in [4.69, 9.17) is 11.5 Å². The van der Waals surface area contributed by atoms with Crippen molar-refractivity contribution in [2.24, 2.45) is 17.6 Å². The van der Waals surface area contributed by atoms with Gasteiger partial charge in [-0.2, -0.15) is 0 Å². The van der Waals surface area contributed by atoms with Gasteiger partial charge in [0.15, 0.2) is 0 Å². The maximum Gasteiger partial charge on any atom is 0.350 e. The van der Waals surface area contributed by atoms with Gasteiger partial charge in [0.25, 0.3) is 5.91 Å². The van der Waals surface area contributed by atoms with E-state index in [0.29, 0.717) is 10.9 Å². The summed E-state index contributed by atoms with van der Waals surface area (Å²) in [5.74, 6) is 0.126. The summed E-state index contributed by atoms with van der Waals surface area (Å²) in [6.07, 6.45) is 3.57. The Morgan fingerprint density at radius 3 is 2.67 bits per heavy atom. The summed E-state index contributed by atoms with van der Waals surface area (Å²) in [7, 11) is 1.28. The fraction of sp³-hybridized carbons (Fsp3) is 0.571. The second-order valence-corrected chi connectivity index (χ2v) is 6.59. The highest BCUT2D eigenvalue weighted by molar-refractivity contribution is 7.19. The van der Waals surface area contributed by atoms with Crippen molar-refractivity contribution in [3.8, 4) is 0 Å². The van der Waals surface area contributed by atoms with E-state index < -0.39 is 11.9 Å². The molecule has 2 unspecified atom stereocenters. The fourth-order valence-corrected chi connectivity index (χ4v) is 3.86. The summed E-state index contributed by atoms with van der Waals surface area (Å²) < 4.78 is 4.67. The second kappa shape index (κ2) is 6.34. The van der Waals surface area contributed by atoms with Crippen LogP contribution in [0, 0.1) is 11.8 Å². The summed E-state index contributed by atoms with van der Waals surface area (Å²) in [6.45, 7) is 3.00. The molecule has 0 bridgehead atoms. The monoisotopic (exact) mass is 311 g/mol. The number of hydrogen-bond donors (Lipinski definition) is 3. The van der Waals surface area contributed by atoms with Crippen LogP contribution >= 0.6 is 11.3 Å². The number of anilines is 2. The van der Waals surface area contributed by atoms with E-state index in [1.807, 2.05) is 0 Å². The number of carbonyl (C=O) groups is 2. The van der Waals surface area contributed by atoms with E-state index >= 15 is 0 Å². The van der Waals surface area contributed by atoms with E-state index in [9.17, 15) is 9.59 Å². The number of ether oxygens (including phenoxy) is 1. The largest absolute Gasteiger partial charge is 0.465 e. The summed E-state index contributed by atoms with van der Waals surface area (Å²) in [6, 6.07) is 0. The Labute approximate surface area is 127 Å². The van der Waals surface area contributed by atoms with Crippen molar-refractivity contribution in [1.29, 1.82) is 0 Å². The van der Waals surface area contributed by atoms with Gasteiger partial charge in [-0.3, -0.25) is 4.79 Å². The first-order chi connectivity index (χ1) is 9.93. The Hall–Kier alpha value is -1.76. The molecule has 1 aromatic heterocycles. The van der Waals surface area contributed by atoms with E-state index in [0.717, 1.165) is 23.8 Å². The number of nitrogens with two attached hydrogens (primary N) is 2. The van der Waals surface area contributed by atoms with Crippen molar-refractivity contribution >= 4 is 33.9 Å². The number of amides is 1. The summed E-state index contributed by atoms with van der Waals surface area (Å²) in [4.78, 5) is 23.4. The van der Waals surface area contributed by atoms with Gasteiger partial charge in [0.1, 0.15) is 9.88 Å². The number of methoxy groups -OCH3 is 1. The molecule has 6 nitrogen and oxygen atoms in total. The van der Waals surface area contributed by atoms with Crippen LogP contribution in [0.15, 0.2) is 0 Å². The Balaban J connectivity index is 2.17. The van der Waals surface area contributed by atoms with Crippen LogP contribution in [0.5, 0.6) is 0 Å². The van der Waals surface area contributed by atoms with Crippen molar-refractivity contribution < 1.29 is 14.3 Å². The molecule has 2 rings (SSSR count). The van der Waals surface area contributed by atoms with Gasteiger partial charge in [-0.15, -0.1) is 11.3 Å². The minimum atomic E-state index is -0.638. The fourth-order valence-electron chi connectivity index (χ4n) is 2.80. The standard InChI is InChI=1S/C14H21N3O3S/c1-7-3-4-8(5-7)6-17-13-9(12(16)18)10(15)11(21-13)14(19)20-2/h7-8,17H,3-6,15H2,1-2H3,(H2,16,18). The van der Waals surface area contributed by atoms with Crippen molar-refractivity contribution in [3.05, 3.63) is 10.4 Å². The van der Waals surface area contributed by atoms with Crippen molar-refractivity contribution in [2.45, 2.75) is 26.2 Å². The molecule has 1 amide bonds. The average Bonchev–Trinajstić information content (AvgIpc) is 2.99. The molecule has 116 valence electrons. The zero-order valence-corrected chi connectivity index (χ0v) is 13.1. The normalized spacial score (nSPS) is 21.2. The highest BCUT2D eigenvalue weighted by atomic mass is 32.1. The van der Waals surface area contributed by atoms with E-state index in [1.54, 1.807) is 0 Å². The van der Waals surface area contributed by atoms with Crippen LogP contribution < -0.4 is 16.8 Å². The molecule has 1 saturated carbocycles. The van der Waals surface area contributed by atoms with Crippen LogP contribution in [0.4, 0.5) is 10.7 Å². The number of esters is 1. The van der Waals surface area contributed by atoms with Gasteiger partial charge >= 0.3 is 5.97 Å². The lowest BCUT2D eigenvalue weighted by atomic mass is 10.1. The van der Waals surface area contributed by atoms with Crippen LogP contribution in [-0.2, 0) is 4.74 Å². The van der Waals surface area contributed by atoms with Gasteiger partial charge in [-0.05, 0) is 24.7 Å². The van der Waals surface area contributed by atoms with Crippen LogP contribution in [0.3, 0.4) is 0 Å². The third kappa shape index (κ3) is 3.29. The Morgan fingerprint density at radius 1 is 1.43 bits per heavy atom. The van der Waals surface area contributed by atoms with E-state index in [2.05, 4.69) is 17.0 Å². The molecule has 1 aliphatic rings. The van der Waals surface area contributed by atoms with Gasteiger partial charge in [0, 0.05) is 6.54 Å². The molecule has 21 heavy (non-hydrogen) atoms. The van der Waals surface area contributed by atoms with Crippen molar-refractivity contribution in [3.63, 3.8) is 0 Å². The zero-order chi connectivity index (χ0) is 15.6. The lowest BCUT2D eigenvalue weighted by molar-refractivity contribution is 0.0607. The number of nitrogens with one attached hydrogen (secondary N) is 1.